The van der Waals surface area contributed by atoms with Gasteiger partial charge in [0.15, 0.2) is 0 Å². The molecule has 0 radical (unpaired) electrons. The van der Waals surface area contributed by atoms with Crippen LogP contribution in [0.2, 0.25) is 0 Å². The number of nitrogens with zero attached hydrogens (tertiary/aromatic N) is 1. The number of benzene rings is 2. The van der Waals surface area contributed by atoms with E-state index in [0.29, 0.717) is 23.4 Å². The number of hydrogen-bond acceptors (Lipinski definition) is 4. The Balaban J connectivity index is 1.46. The molecule has 0 unspecified atom stereocenters. The minimum absolute atomic E-state index is 0.104. The number of carbonyl (C=O) groups is 2. The highest BCUT2D eigenvalue weighted by atomic mass is 32.2. The van der Waals surface area contributed by atoms with Gasteiger partial charge in [-0.25, -0.2) is 0 Å². The topological polar surface area (TPSA) is 61.4 Å². The number of anilines is 1. The van der Waals surface area contributed by atoms with Gasteiger partial charge in [-0.1, -0.05) is 23.9 Å². The standard InChI is InChI=1S/C20H21N3O2S/c24-19(21-9-12-23-10-3-4-11-23)14-7-8-18-16(13-14)22-20(25)15-5-1-2-6-17(15)26-18/h1-2,5-8,13H,3-4,9-12H2,(H,21,24)(H,22,25). The van der Waals surface area contributed by atoms with Gasteiger partial charge in [0.2, 0.25) is 0 Å². The van der Waals surface area contributed by atoms with Gasteiger partial charge < -0.3 is 15.5 Å². The van der Waals surface area contributed by atoms with Crippen molar-refractivity contribution in [3.05, 3.63) is 53.6 Å². The number of carbonyl (C=O) groups excluding carboxylic acids is 2. The first-order chi connectivity index (χ1) is 12.7. The summed E-state index contributed by atoms with van der Waals surface area (Å²) in [5.41, 5.74) is 1.91. The van der Waals surface area contributed by atoms with Gasteiger partial charge in [-0.15, -0.1) is 0 Å². The van der Waals surface area contributed by atoms with Crippen LogP contribution in [-0.4, -0.2) is 42.9 Å². The molecule has 0 saturated carbocycles. The molecule has 134 valence electrons. The Morgan fingerprint density at radius 1 is 1.12 bits per heavy atom. The summed E-state index contributed by atoms with van der Waals surface area (Å²) < 4.78 is 0. The summed E-state index contributed by atoms with van der Waals surface area (Å²) in [7, 11) is 0. The van der Waals surface area contributed by atoms with Gasteiger partial charge in [-0.3, -0.25) is 9.59 Å². The maximum Gasteiger partial charge on any atom is 0.256 e. The van der Waals surface area contributed by atoms with Crippen LogP contribution >= 0.6 is 11.8 Å². The molecule has 0 aliphatic carbocycles. The molecule has 2 amide bonds. The Hall–Kier alpha value is -2.31. The van der Waals surface area contributed by atoms with Gasteiger partial charge in [0, 0.05) is 28.4 Å². The van der Waals surface area contributed by atoms with E-state index >= 15 is 0 Å². The Kier molecular flexibility index (Phi) is 4.95. The number of nitrogens with one attached hydrogen (secondary N) is 2. The molecule has 2 heterocycles. The zero-order valence-electron chi connectivity index (χ0n) is 14.5. The van der Waals surface area contributed by atoms with Crippen molar-refractivity contribution in [2.45, 2.75) is 22.6 Å². The normalized spacial score (nSPS) is 16.4. The number of hydrogen-bond donors (Lipinski definition) is 2. The van der Waals surface area contributed by atoms with Crippen molar-refractivity contribution in [2.24, 2.45) is 0 Å². The number of rotatable bonds is 4. The average molecular weight is 367 g/mol. The van der Waals surface area contributed by atoms with Gasteiger partial charge in [0.05, 0.1) is 11.3 Å². The second-order valence-corrected chi connectivity index (χ2v) is 7.65. The van der Waals surface area contributed by atoms with Crippen LogP contribution in [0.15, 0.2) is 52.3 Å². The molecule has 2 aliphatic heterocycles. The lowest BCUT2D eigenvalue weighted by Crippen LogP contribution is -2.33. The largest absolute Gasteiger partial charge is 0.351 e. The van der Waals surface area contributed by atoms with Crippen molar-refractivity contribution in [1.82, 2.24) is 10.2 Å². The van der Waals surface area contributed by atoms with Crippen molar-refractivity contribution >= 4 is 29.3 Å². The quantitative estimate of drug-likeness (QED) is 0.871. The summed E-state index contributed by atoms with van der Waals surface area (Å²) in [6, 6.07) is 13.0. The molecule has 26 heavy (non-hydrogen) atoms. The first-order valence-electron chi connectivity index (χ1n) is 8.93. The molecular formula is C20H21N3O2S. The fraction of sp³-hybridized carbons (Fsp3) is 0.300. The van der Waals surface area contributed by atoms with Crippen molar-refractivity contribution in [2.75, 3.05) is 31.5 Å². The Morgan fingerprint density at radius 2 is 1.92 bits per heavy atom. The summed E-state index contributed by atoms with van der Waals surface area (Å²) >= 11 is 1.54. The smallest absolute Gasteiger partial charge is 0.256 e. The van der Waals surface area contributed by atoms with E-state index in [1.54, 1.807) is 17.8 Å². The fourth-order valence-electron chi connectivity index (χ4n) is 3.35. The van der Waals surface area contributed by atoms with Gasteiger partial charge in [-0.2, -0.15) is 0 Å². The van der Waals surface area contributed by atoms with Gasteiger partial charge in [0.25, 0.3) is 11.8 Å². The molecule has 0 atom stereocenters. The molecule has 2 aromatic rings. The van der Waals surface area contributed by atoms with Crippen molar-refractivity contribution in [3.8, 4) is 0 Å². The Morgan fingerprint density at radius 3 is 2.77 bits per heavy atom. The van der Waals surface area contributed by atoms with E-state index in [4.69, 9.17) is 0 Å². The average Bonchev–Trinajstić information content (AvgIpc) is 3.12. The van der Waals surface area contributed by atoms with Gasteiger partial charge >= 0.3 is 0 Å². The zero-order valence-corrected chi connectivity index (χ0v) is 15.3. The Labute approximate surface area is 157 Å². The molecule has 5 nitrogen and oxygen atoms in total. The predicted octanol–water partition coefficient (Wildman–Crippen LogP) is 3.23. The van der Waals surface area contributed by atoms with Crippen molar-refractivity contribution in [1.29, 1.82) is 0 Å². The first kappa shape index (κ1) is 17.1. The third kappa shape index (κ3) is 3.61. The molecule has 2 aromatic carbocycles. The van der Waals surface area contributed by atoms with Crippen LogP contribution < -0.4 is 10.6 Å². The van der Waals surface area contributed by atoms with Gasteiger partial charge in [-0.05, 0) is 56.3 Å². The van der Waals surface area contributed by atoms with E-state index < -0.39 is 0 Å². The van der Waals surface area contributed by atoms with Crippen molar-refractivity contribution in [3.63, 3.8) is 0 Å². The van der Waals surface area contributed by atoms with E-state index in [9.17, 15) is 9.59 Å². The summed E-state index contributed by atoms with van der Waals surface area (Å²) in [6.45, 7) is 3.78. The van der Waals surface area contributed by atoms with E-state index in [1.807, 2.05) is 36.4 Å². The van der Waals surface area contributed by atoms with E-state index in [2.05, 4.69) is 15.5 Å². The maximum atomic E-state index is 12.4. The fourth-order valence-corrected chi connectivity index (χ4v) is 4.36. The van der Waals surface area contributed by atoms with E-state index in [1.165, 1.54) is 12.8 Å². The van der Waals surface area contributed by atoms with Gasteiger partial charge in [0.1, 0.15) is 0 Å². The zero-order chi connectivity index (χ0) is 17.9. The molecule has 0 spiro atoms. The molecule has 0 aromatic heterocycles. The van der Waals surface area contributed by atoms with Crippen LogP contribution in [0, 0.1) is 0 Å². The van der Waals surface area contributed by atoms with E-state index in [0.717, 1.165) is 29.4 Å². The summed E-state index contributed by atoms with van der Waals surface area (Å²) in [4.78, 5) is 29.1. The number of likely N-dealkylation sites (tertiary alicyclic amines) is 1. The highest BCUT2D eigenvalue weighted by Crippen LogP contribution is 2.38. The van der Waals surface area contributed by atoms with Crippen molar-refractivity contribution < 1.29 is 9.59 Å². The molecule has 4 rings (SSSR count). The summed E-state index contributed by atoms with van der Waals surface area (Å²) in [5, 5.41) is 5.90. The summed E-state index contributed by atoms with van der Waals surface area (Å²) in [6.07, 6.45) is 2.50. The molecule has 2 aliphatic rings. The van der Waals surface area contributed by atoms with Crippen LogP contribution in [0.5, 0.6) is 0 Å². The molecule has 6 heteroatoms. The second kappa shape index (κ2) is 7.51. The molecular weight excluding hydrogens is 346 g/mol. The minimum atomic E-state index is -0.140. The monoisotopic (exact) mass is 367 g/mol. The predicted molar refractivity (Wildman–Crippen MR) is 103 cm³/mol. The molecule has 0 bridgehead atoms. The molecule has 1 saturated heterocycles. The number of fused-ring (bicyclic) bond motifs is 2. The highest BCUT2D eigenvalue weighted by Gasteiger charge is 2.20. The Bertz CT molecular complexity index is 847. The third-order valence-corrected chi connectivity index (χ3v) is 5.91. The van der Waals surface area contributed by atoms with Crippen LogP contribution in [0.1, 0.15) is 33.6 Å². The number of amides is 2. The minimum Gasteiger partial charge on any atom is -0.351 e. The maximum absolute atomic E-state index is 12.4. The van der Waals surface area contributed by atoms with Crippen LogP contribution in [-0.2, 0) is 0 Å². The lowest BCUT2D eigenvalue weighted by atomic mass is 10.1. The molecule has 2 N–H and O–H groups in total. The third-order valence-electron chi connectivity index (χ3n) is 4.75. The summed E-state index contributed by atoms with van der Waals surface area (Å²) in [5.74, 6) is -0.244. The molecule has 1 fully saturated rings. The lowest BCUT2D eigenvalue weighted by molar-refractivity contribution is 0.0948. The first-order valence-corrected chi connectivity index (χ1v) is 9.75. The second-order valence-electron chi connectivity index (χ2n) is 6.57. The lowest BCUT2D eigenvalue weighted by Gasteiger charge is -2.15. The highest BCUT2D eigenvalue weighted by molar-refractivity contribution is 7.99. The van der Waals surface area contributed by atoms with Crippen LogP contribution in [0.3, 0.4) is 0 Å². The van der Waals surface area contributed by atoms with E-state index in [-0.39, 0.29) is 11.8 Å². The SMILES string of the molecule is O=C(NCCN1CCCC1)c1ccc2c(c1)NC(=O)c1ccccc1S2. The van der Waals surface area contributed by atoms with Crippen LogP contribution in [0.4, 0.5) is 5.69 Å². The van der Waals surface area contributed by atoms with Crippen LogP contribution in [0.25, 0.3) is 0 Å².